The quantitative estimate of drug-likeness (QED) is 0.425. The third kappa shape index (κ3) is 5.72. The van der Waals surface area contributed by atoms with Gasteiger partial charge in [0.1, 0.15) is 18.3 Å². The number of hydrogen-bond acceptors (Lipinski definition) is 5. The van der Waals surface area contributed by atoms with Crippen molar-refractivity contribution in [2.75, 3.05) is 19.7 Å². The van der Waals surface area contributed by atoms with E-state index in [2.05, 4.69) is 0 Å². The summed E-state index contributed by atoms with van der Waals surface area (Å²) in [5.74, 6) is -1.45. The van der Waals surface area contributed by atoms with Gasteiger partial charge in [-0.25, -0.2) is 4.79 Å². The van der Waals surface area contributed by atoms with Gasteiger partial charge in [-0.05, 0) is 32.3 Å². The average molecular weight is 359 g/mol. The van der Waals surface area contributed by atoms with Crippen LogP contribution in [0.1, 0.15) is 32.3 Å². The Balaban J connectivity index is 1.85. The molecule has 1 aromatic rings. The third-order valence-corrected chi connectivity index (χ3v) is 4.29. The van der Waals surface area contributed by atoms with E-state index in [-0.39, 0.29) is 25.1 Å². The highest BCUT2D eigenvalue weighted by molar-refractivity contribution is 5.98. The predicted octanol–water partition coefficient (Wildman–Crippen LogP) is 3.11. The molecule has 26 heavy (non-hydrogen) atoms. The average Bonchev–Trinajstić information content (AvgIpc) is 2.65. The van der Waals surface area contributed by atoms with Crippen molar-refractivity contribution in [3.8, 4) is 0 Å². The third-order valence-electron chi connectivity index (χ3n) is 4.29. The van der Waals surface area contributed by atoms with E-state index in [1.54, 1.807) is 11.8 Å². The zero-order chi connectivity index (χ0) is 18.9. The normalized spacial score (nSPS) is 15.0. The van der Waals surface area contributed by atoms with E-state index in [0.29, 0.717) is 25.9 Å². The summed E-state index contributed by atoms with van der Waals surface area (Å²) in [5.41, 5.74) is 1.93. The topological polar surface area (TPSA) is 72.9 Å². The van der Waals surface area contributed by atoms with Crippen LogP contribution in [0, 0.1) is 5.92 Å². The number of Topliss-reactive ketones (excluding diaryl/α,β-unsaturated/α-hetero) is 1. The first-order chi connectivity index (χ1) is 12.5. The van der Waals surface area contributed by atoms with Gasteiger partial charge in [0, 0.05) is 13.1 Å². The summed E-state index contributed by atoms with van der Waals surface area (Å²) >= 11 is 0. The Morgan fingerprint density at radius 3 is 2.46 bits per heavy atom. The fourth-order valence-corrected chi connectivity index (χ4v) is 2.77. The van der Waals surface area contributed by atoms with Crippen LogP contribution in [0.25, 0.3) is 0 Å². The number of rotatable bonds is 7. The highest BCUT2D eigenvalue weighted by Gasteiger charge is 2.27. The Morgan fingerprint density at radius 1 is 1.15 bits per heavy atom. The highest BCUT2D eigenvalue weighted by Crippen LogP contribution is 2.21. The van der Waals surface area contributed by atoms with E-state index in [1.165, 1.54) is 6.92 Å². The molecule has 1 aliphatic rings. The molecule has 0 aliphatic carbocycles. The van der Waals surface area contributed by atoms with Crippen LogP contribution in [0.4, 0.5) is 4.79 Å². The molecule has 0 radical (unpaired) electrons. The first-order valence-electron chi connectivity index (χ1n) is 8.82. The zero-order valence-electron chi connectivity index (χ0n) is 15.3. The lowest BCUT2D eigenvalue weighted by atomic mass is 9.92. The summed E-state index contributed by atoms with van der Waals surface area (Å²) in [6.45, 7) is 4.53. The molecule has 1 atom stereocenters. The van der Waals surface area contributed by atoms with E-state index >= 15 is 0 Å². The van der Waals surface area contributed by atoms with Crippen molar-refractivity contribution in [3.05, 3.63) is 47.5 Å². The Bertz CT molecular complexity index is 668. The van der Waals surface area contributed by atoms with Crippen molar-refractivity contribution < 1.29 is 23.9 Å². The molecule has 1 unspecified atom stereocenters. The van der Waals surface area contributed by atoms with Gasteiger partial charge in [-0.15, -0.1) is 0 Å². The number of hydrogen-bond donors (Lipinski definition) is 0. The van der Waals surface area contributed by atoms with E-state index < -0.39 is 11.9 Å². The van der Waals surface area contributed by atoms with Crippen LogP contribution in [-0.4, -0.2) is 42.4 Å². The maximum Gasteiger partial charge on any atom is 0.410 e. The van der Waals surface area contributed by atoms with Crippen LogP contribution >= 0.6 is 0 Å². The van der Waals surface area contributed by atoms with Crippen molar-refractivity contribution in [3.63, 3.8) is 0 Å². The van der Waals surface area contributed by atoms with Gasteiger partial charge in [-0.3, -0.25) is 9.59 Å². The fourth-order valence-electron chi connectivity index (χ4n) is 2.77. The second-order valence-corrected chi connectivity index (χ2v) is 6.22. The van der Waals surface area contributed by atoms with Crippen LogP contribution in [0.5, 0.6) is 0 Å². The summed E-state index contributed by atoms with van der Waals surface area (Å²) in [4.78, 5) is 37.4. The molecule has 6 heteroatoms. The molecule has 0 N–H and O–H groups in total. The van der Waals surface area contributed by atoms with Gasteiger partial charge in [0.25, 0.3) is 0 Å². The molecule has 2 rings (SSSR count). The molecule has 0 saturated heterocycles. The molecule has 0 spiro atoms. The summed E-state index contributed by atoms with van der Waals surface area (Å²) < 4.78 is 10.3. The minimum Gasteiger partial charge on any atom is -0.465 e. The van der Waals surface area contributed by atoms with Crippen molar-refractivity contribution in [1.29, 1.82) is 0 Å². The van der Waals surface area contributed by atoms with E-state index in [1.807, 2.05) is 36.4 Å². The minimum atomic E-state index is -0.766. The number of carbonyl (C=O) groups is 3. The van der Waals surface area contributed by atoms with Gasteiger partial charge >= 0.3 is 12.1 Å². The minimum absolute atomic E-state index is 0.200. The van der Waals surface area contributed by atoms with Crippen molar-refractivity contribution >= 4 is 17.8 Å². The molecule has 6 nitrogen and oxygen atoms in total. The lowest BCUT2D eigenvalue weighted by molar-refractivity contribution is -0.151. The molecule has 140 valence electrons. The zero-order valence-corrected chi connectivity index (χ0v) is 15.3. The largest absolute Gasteiger partial charge is 0.465 e. The van der Waals surface area contributed by atoms with Crippen LogP contribution in [-0.2, 0) is 25.7 Å². The summed E-state index contributed by atoms with van der Waals surface area (Å²) in [7, 11) is 0. The SMILES string of the molecule is CCOC(=O)C(CC1=CCN(C(=O)OCc2ccccc2)CC1)C(C)=O. The van der Waals surface area contributed by atoms with Crippen molar-refractivity contribution in [2.24, 2.45) is 5.92 Å². The van der Waals surface area contributed by atoms with Gasteiger partial charge in [-0.1, -0.05) is 42.0 Å². The number of esters is 1. The number of amides is 1. The highest BCUT2D eigenvalue weighted by atomic mass is 16.6. The summed E-state index contributed by atoms with van der Waals surface area (Å²) in [5, 5.41) is 0. The van der Waals surface area contributed by atoms with Gasteiger partial charge in [0.2, 0.25) is 0 Å². The second kappa shape index (κ2) is 9.75. The first kappa shape index (κ1) is 19.7. The second-order valence-electron chi connectivity index (χ2n) is 6.22. The molecule has 0 bridgehead atoms. The van der Waals surface area contributed by atoms with Crippen LogP contribution in [0.15, 0.2) is 42.0 Å². The summed E-state index contributed by atoms with van der Waals surface area (Å²) in [6.07, 6.45) is 2.49. The summed E-state index contributed by atoms with van der Waals surface area (Å²) in [6, 6.07) is 9.51. The molecule has 0 fully saturated rings. The first-order valence-corrected chi connectivity index (χ1v) is 8.82. The van der Waals surface area contributed by atoms with Crippen molar-refractivity contribution in [2.45, 2.75) is 33.3 Å². The van der Waals surface area contributed by atoms with Crippen LogP contribution in [0.2, 0.25) is 0 Å². The molecule has 1 heterocycles. The Morgan fingerprint density at radius 2 is 1.88 bits per heavy atom. The smallest absolute Gasteiger partial charge is 0.410 e. The Kier molecular flexibility index (Phi) is 7.38. The number of ketones is 1. The van der Waals surface area contributed by atoms with Crippen molar-refractivity contribution in [1.82, 2.24) is 4.90 Å². The van der Waals surface area contributed by atoms with Crippen LogP contribution < -0.4 is 0 Å². The molecular formula is C20H25NO5. The van der Waals surface area contributed by atoms with E-state index in [0.717, 1.165) is 11.1 Å². The lowest BCUT2D eigenvalue weighted by Gasteiger charge is -2.26. The maximum absolute atomic E-state index is 12.1. The number of carbonyl (C=O) groups excluding carboxylic acids is 3. The number of nitrogens with zero attached hydrogens (tertiary/aromatic N) is 1. The standard InChI is InChI=1S/C20H25NO5/c1-3-25-19(23)18(15(2)22)13-16-9-11-21(12-10-16)20(24)26-14-17-7-5-4-6-8-17/h4-9,18H,3,10-14H2,1-2H3. The van der Waals surface area contributed by atoms with Crippen LogP contribution in [0.3, 0.4) is 0 Å². The van der Waals surface area contributed by atoms with Gasteiger partial charge in [0.05, 0.1) is 6.61 Å². The molecule has 0 saturated carbocycles. The lowest BCUT2D eigenvalue weighted by Crippen LogP contribution is -2.36. The van der Waals surface area contributed by atoms with Gasteiger partial charge in [0.15, 0.2) is 0 Å². The maximum atomic E-state index is 12.1. The Labute approximate surface area is 153 Å². The molecule has 1 aromatic carbocycles. The van der Waals surface area contributed by atoms with E-state index in [4.69, 9.17) is 9.47 Å². The molecule has 0 aromatic heterocycles. The predicted molar refractivity (Wildman–Crippen MR) is 96.3 cm³/mol. The number of benzene rings is 1. The Hall–Kier alpha value is -2.63. The van der Waals surface area contributed by atoms with E-state index in [9.17, 15) is 14.4 Å². The van der Waals surface area contributed by atoms with Gasteiger partial charge < -0.3 is 14.4 Å². The molecule has 1 aliphatic heterocycles. The molecule has 1 amide bonds. The molecular weight excluding hydrogens is 334 g/mol. The fraction of sp³-hybridized carbons (Fsp3) is 0.450. The number of ether oxygens (including phenoxy) is 2. The van der Waals surface area contributed by atoms with Gasteiger partial charge in [-0.2, -0.15) is 0 Å². The monoisotopic (exact) mass is 359 g/mol.